The molecule has 1 aromatic rings. The summed E-state index contributed by atoms with van der Waals surface area (Å²) < 4.78 is 0. The van der Waals surface area contributed by atoms with Gasteiger partial charge in [0.05, 0.1) is 0 Å². The number of rotatable bonds is 7. The minimum atomic E-state index is -0.927. The normalized spacial score (nSPS) is 13.8. The van der Waals surface area contributed by atoms with Crippen molar-refractivity contribution in [1.82, 2.24) is 4.98 Å². The van der Waals surface area contributed by atoms with Crippen molar-refractivity contribution in [3.63, 3.8) is 0 Å². The van der Waals surface area contributed by atoms with Gasteiger partial charge in [0.25, 0.3) is 0 Å². The Morgan fingerprint density at radius 1 is 1.25 bits per heavy atom. The van der Waals surface area contributed by atoms with Gasteiger partial charge in [-0.3, -0.25) is 0 Å². The van der Waals surface area contributed by atoms with Crippen LogP contribution in [0.5, 0.6) is 0 Å². The number of aromatic carboxylic acids is 1. The molecule has 0 amide bonds. The van der Waals surface area contributed by atoms with Crippen molar-refractivity contribution in [2.45, 2.75) is 44.9 Å². The Bertz CT molecular complexity index is 474. The maximum atomic E-state index is 11.3. The molecule has 110 valence electrons. The lowest BCUT2D eigenvalue weighted by Crippen LogP contribution is -2.14. The summed E-state index contributed by atoms with van der Waals surface area (Å²) in [6.07, 6.45) is 6.72. The third-order valence-electron chi connectivity index (χ3n) is 3.66. The number of aliphatic hydroxyl groups excluding tert-OH is 1. The van der Waals surface area contributed by atoms with E-state index in [-0.39, 0.29) is 12.2 Å². The molecule has 5 heteroatoms. The minimum absolute atomic E-state index is 0.206. The number of aromatic nitrogens is 1. The van der Waals surface area contributed by atoms with Gasteiger partial charge in [0.2, 0.25) is 0 Å². The Labute approximate surface area is 119 Å². The molecule has 20 heavy (non-hydrogen) atoms. The van der Waals surface area contributed by atoms with Crippen LogP contribution in [0.25, 0.3) is 0 Å². The van der Waals surface area contributed by atoms with Crippen molar-refractivity contribution < 1.29 is 15.0 Å². The smallest absolute Gasteiger partial charge is 0.339 e. The van der Waals surface area contributed by atoms with E-state index in [0.29, 0.717) is 12.4 Å². The van der Waals surface area contributed by atoms with Gasteiger partial charge in [-0.25, -0.2) is 9.78 Å². The first-order valence-electron chi connectivity index (χ1n) is 7.33. The highest BCUT2D eigenvalue weighted by Crippen LogP contribution is 2.24. The molecule has 0 unspecified atom stereocenters. The van der Waals surface area contributed by atoms with Crippen LogP contribution in [0.15, 0.2) is 6.07 Å². The second kappa shape index (κ2) is 7.24. The molecule has 1 aliphatic carbocycles. The van der Waals surface area contributed by atoms with E-state index in [4.69, 9.17) is 5.11 Å². The molecule has 2 rings (SSSR count). The predicted octanol–water partition coefficient (Wildman–Crippen LogP) is 2.23. The van der Waals surface area contributed by atoms with Gasteiger partial charge in [0.15, 0.2) is 0 Å². The average molecular weight is 278 g/mol. The Hall–Kier alpha value is -1.62. The van der Waals surface area contributed by atoms with Gasteiger partial charge in [-0.05, 0) is 56.6 Å². The molecule has 0 aliphatic heterocycles. The van der Waals surface area contributed by atoms with Crippen molar-refractivity contribution in [3.8, 4) is 0 Å². The summed E-state index contributed by atoms with van der Waals surface area (Å²) in [5.74, 6) is -0.439. The van der Waals surface area contributed by atoms with Crippen molar-refractivity contribution in [1.29, 1.82) is 0 Å². The number of carbonyl (C=O) groups is 1. The fourth-order valence-corrected chi connectivity index (χ4v) is 2.55. The standard InChI is InChI=1S/C15H22N2O3/c18-9-5-1-4-8-16-14-12(15(19)20)10-11-6-2-3-7-13(11)17-14/h10,18H,1-9H2,(H,16,17)(H,19,20). The summed E-state index contributed by atoms with van der Waals surface area (Å²) in [7, 11) is 0. The summed E-state index contributed by atoms with van der Waals surface area (Å²) in [5, 5.41) is 21.1. The number of pyridine rings is 1. The number of nitrogens with zero attached hydrogens (tertiary/aromatic N) is 1. The van der Waals surface area contributed by atoms with E-state index in [0.717, 1.165) is 56.2 Å². The topological polar surface area (TPSA) is 82.5 Å². The lowest BCUT2D eigenvalue weighted by atomic mass is 9.94. The second-order valence-electron chi connectivity index (χ2n) is 5.21. The number of nitrogens with one attached hydrogen (secondary N) is 1. The van der Waals surface area contributed by atoms with E-state index in [1.54, 1.807) is 6.07 Å². The summed E-state index contributed by atoms with van der Waals surface area (Å²) in [6.45, 7) is 0.892. The van der Waals surface area contributed by atoms with Crippen LogP contribution in [0.2, 0.25) is 0 Å². The zero-order valence-corrected chi connectivity index (χ0v) is 11.7. The summed E-state index contributed by atoms with van der Waals surface area (Å²) in [4.78, 5) is 15.8. The predicted molar refractivity (Wildman–Crippen MR) is 77.3 cm³/mol. The molecule has 0 bridgehead atoms. The third-order valence-corrected chi connectivity index (χ3v) is 3.66. The van der Waals surface area contributed by atoms with Crippen molar-refractivity contribution in [3.05, 3.63) is 22.9 Å². The van der Waals surface area contributed by atoms with Gasteiger partial charge in [0, 0.05) is 18.8 Å². The average Bonchev–Trinajstić information content (AvgIpc) is 2.46. The molecule has 0 aromatic carbocycles. The number of fused-ring (bicyclic) bond motifs is 1. The molecule has 1 aliphatic rings. The number of carboxylic acids is 1. The summed E-state index contributed by atoms with van der Waals surface area (Å²) >= 11 is 0. The Morgan fingerprint density at radius 2 is 2.05 bits per heavy atom. The molecule has 0 fully saturated rings. The highest BCUT2D eigenvalue weighted by Gasteiger charge is 2.18. The van der Waals surface area contributed by atoms with Crippen LogP contribution in [0.1, 0.15) is 53.7 Å². The van der Waals surface area contributed by atoms with Crippen LogP contribution in [0.4, 0.5) is 5.82 Å². The Morgan fingerprint density at radius 3 is 2.80 bits per heavy atom. The van der Waals surface area contributed by atoms with Crippen molar-refractivity contribution in [2.75, 3.05) is 18.5 Å². The van der Waals surface area contributed by atoms with E-state index in [1.165, 1.54) is 0 Å². The number of anilines is 1. The van der Waals surface area contributed by atoms with Gasteiger partial charge in [-0.15, -0.1) is 0 Å². The quantitative estimate of drug-likeness (QED) is 0.666. The first kappa shape index (κ1) is 14.8. The van der Waals surface area contributed by atoms with Crippen molar-refractivity contribution >= 4 is 11.8 Å². The van der Waals surface area contributed by atoms with Gasteiger partial charge >= 0.3 is 5.97 Å². The zero-order chi connectivity index (χ0) is 14.4. The highest BCUT2D eigenvalue weighted by molar-refractivity contribution is 5.93. The lowest BCUT2D eigenvalue weighted by molar-refractivity contribution is 0.0697. The number of carboxylic acid groups (broad SMARTS) is 1. The number of hydrogen-bond acceptors (Lipinski definition) is 4. The van der Waals surface area contributed by atoms with Crippen molar-refractivity contribution in [2.24, 2.45) is 0 Å². The molecule has 0 saturated carbocycles. The number of aryl methyl sites for hydroxylation is 2. The number of unbranched alkanes of at least 4 members (excludes halogenated alkanes) is 2. The largest absolute Gasteiger partial charge is 0.478 e. The lowest BCUT2D eigenvalue weighted by Gasteiger charge is -2.18. The second-order valence-corrected chi connectivity index (χ2v) is 5.21. The van der Waals surface area contributed by atoms with Crippen LogP contribution in [0, 0.1) is 0 Å². The Balaban J connectivity index is 2.07. The molecule has 0 saturated heterocycles. The monoisotopic (exact) mass is 278 g/mol. The van der Waals surface area contributed by atoms with E-state index in [1.807, 2.05) is 0 Å². The first-order chi connectivity index (χ1) is 9.72. The summed E-state index contributed by atoms with van der Waals surface area (Å²) in [6, 6.07) is 1.78. The first-order valence-corrected chi connectivity index (χ1v) is 7.33. The fourth-order valence-electron chi connectivity index (χ4n) is 2.55. The highest BCUT2D eigenvalue weighted by atomic mass is 16.4. The molecule has 1 heterocycles. The minimum Gasteiger partial charge on any atom is -0.478 e. The third kappa shape index (κ3) is 3.70. The maximum absolute atomic E-state index is 11.3. The van der Waals surface area contributed by atoms with E-state index >= 15 is 0 Å². The van der Waals surface area contributed by atoms with Crippen LogP contribution < -0.4 is 5.32 Å². The number of hydrogen-bond donors (Lipinski definition) is 3. The molecule has 0 spiro atoms. The Kier molecular flexibility index (Phi) is 5.35. The van der Waals surface area contributed by atoms with Gasteiger partial charge < -0.3 is 15.5 Å². The van der Waals surface area contributed by atoms with Crippen LogP contribution in [0.3, 0.4) is 0 Å². The molecule has 0 atom stereocenters. The van der Waals surface area contributed by atoms with Crippen LogP contribution in [-0.4, -0.2) is 34.3 Å². The van der Waals surface area contributed by atoms with Crippen LogP contribution >= 0.6 is 0 Å². The molecular formula is C15H22N2O3. The van der Waals surface area contributed by atoms with E-state index in [2.05, 4.69) is 10.3 Å². The van der Waals surface area contributed by atoms with E-state index < -0.39 is 5.97 Å². The fraction of sp³-hybridized carbons (Fsp3) is 0.600. The summed E-state index contributed by atoms with van der Waals surface area (Å²) in [5.41, 5.74) is 2.39. The van der Waals surface area contributed by atoms with Crippen LogP contribution in [-0.2, 0) is 12.8 Å². The molecule has 3 N–H and O–H groups in total. The van der Waals surface area contributed by atoms with Gasteiger partial charge in [-0.2, -0.15) is 0 Å². The molecule has 0 radical (unpaired) electrons. The van der Waals surface area contributed by atoms with Gasteiger partial charge in [0.1, 0.15) is 11.4 Å². The van der Waals surface area contributed by atoms with E-state index in [9.17, 15) is 9.90 Å². The van der Waals surface area contributed by atoms with Gasteiger partial charge in [-0.1, -0.05) is 0 Å². The molecule has 5 nitrogen and oxygen atoms in total. The molecular weight excluding hydrogens is 256 g/mol. The zero-order valence-electron chi connectivity index (χ0n) is 11.7. The molecule has 1 aromatic heterocycles. The maximum Gasteiger partial charge on any atom is 0.339 e. The SMILES string of the molecule is O=C(O)c1cc2c(nc1NCCCCCO)CCCC2. The number of aliphatic hydroxyl groups is 1.